The van der Waals surface area contributed by atoms with Gasteiger partial charge in [0.25, 0.3) is 0 Å². The molecule has 1 N–H and O–H groups in total. The molecule has 1 aromatic heterocycles. The summed E-state index contributed by atoms with van der Waals surface area (Å²) in [5.74, 6) is 0. The van der Waals surface area contributed by atoms with Gasteiger partial charge in [-0.25, -0.2) is 4.98 Å². The lowest BCUT2D eigenvalue weighted by Gasteiger charge is -2.34. The number of thiazole rings is 1. The van der Waals surface area contributed by atoms with Crippen molar-refractivity contribution in [3.63, 3.8) is 0 Å². The van der Waals surface area contributed by atoms with E-state index in [9.17, 15) is 0 Å². The number of aryl methyl sites for hydroxylation is 1. The van der Waals surface area contributed by atoms with Crippen LogP contribution < -0.4 is 5.32 Å². The highest BCUT2D eigenvalue weighted by Gasteiger charge is 2.27. The highest BCUT2D eigenvalue weighted by Crippen LogP contribution is 2.30. The van der Waals surface area contributed by atoms with Crippen LogP contribution in [0.5, 0.6) is 0 Å². The van der Waals surface area contributed by atoms with E-state index in [4.69, 9.17) is 0 Å². The van der Waals surface area contributed by atoms with Crippen LogP contribution >= 0.6 is 23.1 Å². The van der Waals surface area contributed by atoms with Crippen LogP contribution in [0.15, 0.2) is 5.51 Å². The van der Waals surface area contributed by atoms with E-state index in [0.29, 0.717) is 0 Å². The number of nitrogens with one attached hydrogen (secondary N) is 1. The number of hydrogen-bond acceptors (Lipinski definition) is 4. The fourth-order valence-electron chi connectivity index (χ4n) is 1.66. The van der Waals surface area contributed by atoms with Crippen LogP contribution in [0.1, 0.15) is 23.4 Å². The smallest absolute Gasteiger partial charge is 0.0798 e. The second-order valence-corrected chi connectivity index (χ2v) is 5.85. The lowest BCUT2D eigenvalue weighted by molar-refractivity contribution is 0.351. The Balaban J connectivity index is 1.72. The molecule has 0 aromatic carbocycles. The molecule has 0 amide bonds. The van der Waals surface area contributed by atoms with Crippen molar-refractivity contribution in [3.05, 3.63) is 16.1 Å². The molecule has 0 atom stereocenters. The van der Waals surface area contributed by atoms with Crippen molar-refractivity contribution in [2.24, 2.45) is 0 Å². The molecule has 0 spiro atoms. The Labute approximate surface area is 93.5 Å². The first-order chi connectivity index (χ1) is 6.79. The van der Waals surface area contributed by atoms with Crippen molar-refractivity contribution in [3.8, 4) is 0 Å². The van der Waals surface area contributed by atoms with Gasteiger partial charge < -0.3 is 5.32 Å². The summed E-state index contributed by atoms with van der Waals surface area (Å²) in [6.07, 6.45) is 4.87. The molecule has 0 radical (unpaired) electrons. The maximum absolute atomic E-state index is 4.24. The van der Waals surface area contributed by atoms with Crippen LogP contribution in [-0.2, 0) is 6.54 Å². The van der Waals surface area contributed by atoms with Crippen LogP contribution in [0.3, 0.4) is 0 Å². The monoisotopic (exact) mass is 228 g/mol. The predicted molar refractivity (Wildman–Crippen MR) is 64.0 cm³/mol. The van der Waals surface area contributed by atoms with Crippen LogP contribution in [-0.4, -0.2) is 22.5 Å². The summed E-state index contributed by atoms with van der Waals surface area (Å²) in [5, 5.41) is 4.48. The third-order valence-corrected chi connectivity index (χ3v) is 4.81. The molecule has 0 saturated heterocycles. The molecule has 1 fully saturated rings. The summed E-state index contributed by atoms with van der Waals surface area (Å²) in [7, 11) is 0. The van der Waals surface area contributed by atoms with Crippen LogP contribution in [0, 0.1) is 6.92 Å². The fourth-order valence-corrected chi connectivity index (χ4v) is 3.24. The van der Waals surface area contributed by atoms with Crippen molar-refractivity contribution in [1.29, 1.82) is 0 Å². The van der Waals surface area contributed by atoms with Gasteiger partial charge >= 0.3 is 0 Å². The van der Waals surface area contributed by atoms with E-state index in [2.05, 4.69) is 23.5 Å². The lowest BCUT2D eigenvalue weighted by Crippen LogP contribution is -2.42. The molecule has 0 bridgehead atoms. The SMILES string of the molecule is CSC1CC(NCc2scnc2C)C1. The third-order valence-electron chi connectivity index (χ3n) is 2.82. The van der Waals surface area contributed by atoms with Crippen molar-refractivity contribution in [2.45, 2.75) is 37.6 Å². The summed E-state index contributed by atoms with van der Waals surface area (Å²) < 4.78 is 0. The maximum Gasteiger partial charge on any atom is 0.0798 e. The van der Waals surface area contributed by atoms with Gasteiger partial charge in [-0.3, -0.25) is 0 Å². The largest absolute Gasteiger partial charge is 0.309 e. The zero-order valence-electron chi connectivity index (χ0n) is 8.62. The molecular weight excluding hydrogens is 212 g/mol. The molecule has 4 heteroatoms. The average Bonchev–Trinajstić information content (AvgIpc) is 2.49. The van der Waals surface area contributed by atoms with Gasteiger partial charge in [0.05, 0.1) is 11.2 Å². The summed E-state index contributed by atoms with van der Waals surface area (Å²) >= 11 is 3.75. The zero-order valence-corrected chi connectivity index (χ0v) is 10.3. The first-order valence-corrected chi connectivity index (χ1v) is 7.11. The van der Waals surface area contributed by atoms with E-state index >= 15 is 0 Å². The molecule has 2 nitrogen and oxygen atoms in total. The zero-order chi connectivity index (χ0) is 9.97. The molecule has 2 rings (SSSR count). The molecule has 14 heavy (non-hydrogen) atoms. The molecular formula is C10H16N2S2. The van der Waals surface area contributed by atoms with Crippen molar-refractivity contribution in [1.82, 2.24) is 10.3 Å². The Morgan fingerprint density at radius 1 is 1.64 bits per heavy atom. The molecule has 78 valence electrons. The van der Waals surface area contributed by atoms with Crippen LogP contribution in [0.25, 0.3) is 0 Å². The van der Waals surface area contributed by atoms with E-state index in [1.54, 1.807) is 11.3 Å². The van der Waals surface area contributed by atoms with Gasteiger partial charge in [-0.15, -0.1) is 11.3 Å². The minimum atomic E-state index is 0.744. The summed E-state index contributed by atoms with van der Waals surface area (Å²) in [6.45, 7) is 3.08. The van der Waals surface area contributed by atoms with E-state index in [-0.39, 0.29) is 0 Å². The van der Waals surface area contributed by atoms with Crippen LogP contribution in [0.2, 0.25) is 0 Å². The van der Waals surface area contributed by atoms with Gasteiger partial charge in [-0.2, -0.15) is 11.8 Å². The first kappa shape index (κ1) is 10.5. The number of hydrogen-bond donors (Lipinski definition) is 1. The Morgan fingerprint density at radius 3 is 3.00 bits per heavy atom. The molecule has 1 aromatic rings. The van der Waals surface area contributed by atoms with Gasteiger partial charge in [0.15, 0.2) is 0 Å². The molecule has 1 heterocycles. The number of thioether (sulfide) groups is 1. The number of nitrogens with zero attached hydrogens (tertiary/aromatic N) is 1. The van der Waals surface area contributed by atoms with Crippen LogP contribution in [0.4, 0.5) is 0 Å². The topological polar surface area (TPSA) is 24.9 Å². The van der Waals surface area contributed by atoms with Gasteiger partial charge in [0, 0.05) is 22.7 Å². The van der Waals surface area contributed by atoms with E-state index in [1.165, 1.54) is 23.4 Å². The van der Waals surface area contributed by atoms with Crippen molar-refractivity contribution >= 4 is 23.1 Å². The van der Waals surface area contributed by atoms with Gasteiger partial charge in [0.1, 0.15) is 0 Å². The third kappa shape index (κ3) is 2.30. The van der Waals surface area contributed by atoms with Crippen molar-refractivity contribution in [2.75, 3.05) is 6.26 Å². The quantitative estimate of drug-likeness (QED) is 0.857. The Morgan fingerprint density at radius 2 is 2.43 bits per heavy atom. The highest BCUT2D eigenvalue weighted by molar-refractivity contribution is 7.99. The minimum absolute atomic E-state index is 0.744. The van der Waals surface area contributed by atoms with Gasteiger partial charge in [-0.1, -0.05) is 0 Å². The van der Waals surface area contributed by atoms with E-state index < -0.39 is 0 Å². The highest BCUT2D eigenvalue weighted by atomic mass is 32.2. The lowest BCUT2D eigenvalue weighted by atomic mass is 9.92. The van der Waals surface area contributed by atoms with Gasteiger partial charge in [0.2, 0.25) is 0 Å². The molecule has 0 unspecified atom stereocenters. The first-order valence-electron chi connectivity index (χ1n) is 4.94. The molecule has 1 aliphatic rings. The average molecular weight is 228 g/mol. The van der Waals surface area contributed by atoms with Gasteiger partial charge in [-0.05, 0) is 26.0 Å². The summed E-state index contributed by atoms with van der Waals surface area (Å²) in [6, 6.07) is 0.744. The molecule has 1 aliphatic carbocycles. The molecule has 1 saturated carbocycles. The summed E-state index contributed by atoms with van der Waals surface area (Å²) in [4.78, 5) is 5.63. The molecule has 0 aliphatic heterocycles. The number of rotatable bonds is 4. The minimum Gasteiger partial charge on any atom is -0.309 e. The summed E-state index contributed by atoms with van der Waals surface area (Å²) in [5.41, 5.74) is 3.11. The Hall–Kier alpha value is -0.0600. The Kier molecular flexibility index (Phi) is 3.47. The maximum atomic E-state index is 4.24. The van der Waals surface area contributed by atoms with E-state index in [0.717, 1.165) is 17.8 Å². The number of aromatic nitrogens is 1. The fraction of sp³-hybridized carbons (Fsp3) is 0.700. The Bertz CT molecular complexity index is 292. The van der Waals surface area contributed by atoms with Crippen molar-refractivity contribution < 1.29 is 0 Å². The predicted octanol–water partition coefficient (Wildman–Crippen LogP) is 2.44. The van der Waals surface area contributed by atoms with E-state index in [1.807, 2.05) is 17.3 Å². The normalized spacial score (nSPS) is 26.1. The standard InChI is InChI=1S/C10H16N2S2/c1-7-10(14-6-12-7)5-11-8-3-9(4-8)13-2/h6,8-9,11H,3-5H2,1-2H3. The second kappa shape index (κ2) is 4.64. The second-order valence-electron chi connectivity index (χ2n) is 3.77.